The molecule has 21 heavy (non-hydrogen) atoms. The van der Waals surface area contributed by atoms with Crippen LogP contribution in [0.25, 0.3) is 0 Å². The lowest BCUT2D eigenvalue weighted by molar-refractivity contribution is -0.156. The van der Waals surface area contributed by atoms with E-state index in [-0.39, 0.29) is 11.8 Å². The van der Waals surface area contributed by atoms with E-state index in [1.807, 2.05) is 19.1 Å². The van der Waals surface area contributed by atoms with Crippen LogP contribution in [0.4, 0.5) is 0 Å². The number of nitrogens with one attached hydrogen (secondary N) is 1. The average molecular weight is 354 g/mol. The molecular formula is C15H20BrN3O2. The van der Waals surface area contributed by atoms with E-state index < -0.39 is 11.6 Å². The first-order valence-corrected chi connectivity index (χ1v) is 7.88. The first-order chi connectivity index (χ1) is 9.86. The quantitative estimate of drug-likeness (QED) is 0.902. The molecule has 1 unspecified atom stereocenters. The second kappa shape index (κ2) is 6.13. The Labute approximate surface area is 133 Å². The number of hydrogen-bond donors (Lipinski definition) is 1. The first-order valence-electron chi connectivity index (χ1n) is 7.09. The molecule has 1 aliphatic heterocycles. The van der Waals surface area contributed by atoms with Gasteiger partial charge in [-0.15, -0.1) is 0 Å². The molecule has 1 fully saturated rings. The number of carbonyl (C=O) groups excluding carboxylic acids is 2. The van der Waals surface area contributed by atoms with Gasteiger partial charge in [0.2, 0.25) is 11.8 Å². The molecule has 0 bridgehead atoms. The first kappa shape index (κ1) is 15.9. The Bertz CT molecular complexity index is 542. The van der Waals surface area contributed by atoms with Crippen molar-refractivity contribution in [2.24, 2.45) is 0 Å². The van der Waals surface area contributed by atoms with Gasteiger partial charge in [-0.2, -0.15) is 0 Å². The third-order valence-corrected chi connectivity index (χ3v) is 4.26. The van der Waals surface area contributed by atoms with E-state index in [0.717, 1.165) is 16.6 Å². The third-order valence-electron chi connectivity index (χ3n) is 3.79. The lowest BCUT2D eigenvalue weighted by Crippen LogP contribution is -2.67. The van der Waals surface area contributed by atoms with E-state index >= 15 is 0 Å². The van der Waals surface area contributed by atoms with Gasteiger partial charge in [-0.3, -0.25) is 14.6 Å². The van der Waals surface area contributed by atoms with E-state index in [9.17, 15) is 9.59 Å². The Morgan fingerprint density at radius 1 is 1.38 bits per heavy atom. The number of amides is 2. The maximum Gasteiger partial charge on any atom is 0.246 e. The van der Waals surface area contributed by atoms with E-state index in [1.54, 1.807) is 24.9 Å². The summed E-state index contributed by atoms with van der Waals surface area (Å²) in [5.74, 6) is -0.149. The minimum atomic E-state index is -0.865. The summed E-state index contributed by atoms with van der Waals surface area (Å²) in [6.07, 6.45) is 3.20. The van der Waals surface area contributed by atoms with Gasteiger partial charge in [-0.05, 0) is 48.3 Å². The highest BCUT2D eigenvalue weighted by molar-refractivity contribution is 9.10. The van der Waals surface area contributed by atoms with Gasteiger partial charge in [0.1, 0.15) is 11.6 Å². The summed E-state index contributed by atoms with van der Waals surface area (Å²) in [5, 5.41) is 2.82. The summed E-state index contributed by atoms with van der Waals surface area (Å²) in [7, 11) is 0. The molecule has 6 heteroatoms. The van der Waals surface area contributed by atoms with Crippen LogP contribution in [0.2, 0.25) is 0 Å². The number of hydrogen-bond acceptors (Lipinski definition) is 3. The summed E-state index contributed by atoms with van der Waals surface area (Å²) < 4.78 is 0.886. The predicted molar refractivity (Wildman–Crippen MR) is 83.4 cm³/mol. The zero-order valence-electron chi connectivity index (χ0n) is 12.5. The molecule has 0 aromatic carbocycles. The van der Waals surface area contributed by atoms with Crippen molar-refractivity contribution in [3.63, 3.8) is 0 Å². The minimum Gasteiger partial charge on any atom is -0.342 e. The molecule has 1 aromatic heterocycles. The lowest BCUT2D eigenvalue weighted by Gasteiger charge is -2.44. The van der Waals surface area contributed by atoms with Gasteiger partial charge in [0.15, 0.2) is 0 Å². The van der Waals surface area contributed by atoms with Crippen LogP contribution in [-0.2, 0) is 16.1 Å². The number of pyridine rings is 1. The number of carbonyl (C=O) groups is 2. The summed E-state index contributed by atoms with van der Waals surface area (Å²) in [6.45, 7) is 5.87. The second-order valence-corrected chi connectivity index (χ2v) is 6.68. The molecule has 5 nitrogen and oxygen atoms in total. The molecule has 0 spiro atoms. The highest BCUT2D eigenvalue weighted by atomic mass is 79.9. The van der Waals surface area contributed by atoms with Crippen LogP contribution in [0, 0.1) is 0 Å². The topological polar surface area (TPSA) is 62.3 Å². The highest BCUT2D eigenvalue weighted by Gasteiger charge is 2.45. The average Bonchev–Trinajstić information content (AvgIpc) is 2.43. The van der Waals surface area contributed by atoms with E-state index in [0.29, 0.717) is 13.0 Å². The van der Waals surface area contributed by atoms with Crippen LogP contribution in [0.5, 0.6) is 0 Å². The maximum atomic E-state index is 12.6. The minimum absolute atomic E-state index is 0.0360. The van der Waals surface area contributed by atoms with Crippen LogP contribution < -0.4 is 5.32 Å². The number of piperazine rings is 1. The Balaban J connectivity index is 2.25. The monoisotopic (exact) mass is 353 g/mol. The number of halogens is 1. The molecule has 2 heterocycles. The Kier molecular flexibility index (Phi) is 4.66. The van der Waals surface area contributed by atoms with E-state index in [4.69, 9.17) is 0 Å². The van der Waals surface area contributed by atoms with Crippen LogP contribution in [0.15, 0.2) is 22.8 Å². The van der Waals surface area contributed by atoms with Crippen LogP contribution in [0.1, 0.15) is 39.3 Å². The predicted octanol–water partition coefficient (Wildman–Crippen LogP) is 2.25. The Hall–Kier alpha value is -1.43. The molecule has 0 radical (unpaired) electrons. The normalized spacial score (nSPS) is 21.3. The van der Waals surface area contributed by atoms with Gasteiger partial charge in [0.25, 0.3) is 0 Å². The van der Waals surface area contributed by atoms with Gasteiger partial charge in [0.05, 0.1) is 12.2 Å². The zero-order valence-corrected chi connectivity index (χ0v) is 14.1. The Morgan fingerprint density at radius 2 is 2.10 bits per heavy atom. The van der Waals surface area contributed by atoms with E-state index in [1.165, 1.54) is 0 Å². The third kappa shape index (κ3) is 3.26. The molecular weight excluding hydrogens is 334 g/mol. The van der Waals surface area contributed by atoms with Gasteiger partial charge in [0, 0.05) is 10.7 Å². The maximum absolute atomic E-state index is 12.6. The van der Waals surface area contributed by atoms with Gasteiger partial charge in [-0.25, -0.2) is 0 Å². The number of rotatable bonds is 4. The molecule has 2 rings (SSSR count). The standard InChI is InChI=1S/C15H20BrN3O2/c1-4-5-12-13(20)19(15(2,3)14(21)18-12)9-11-7-6-10(16)8-17-11/h6-8,12H,4-5,9H2,1-3H3,(H,18,21). The molecule has 2 amide bonds. The summed E-state index contributed by atoms with van der Waals surface area (Å²) in [6, 6.07) is 3.31. The Morgan fingerprint density at radius 3 is 2.67 bits per heavy atom. The molecule has 1 saturated heterocycles. The largest absolute Gasteiger partial charge is 0.342 e. The molecule has 0 aliphatic carbocycles. The van der Waals surface area contributed by atoms with Crippen molar-refractivity contribution in [1.82, 2.24) is 15.2 Å². The van der Waals surface area contributed by atoms with Crippen molar-refractivity contribution in [2.45, 2.75) is 51.7 Å². The van der Waals surface area contributed by atoms with E-state index in [2.05, 4.69) is 26.2 Å². The van der Waals surface area contributed by atoms with Crippen LogP contribution >= 0.6 is 15.9 Å². The van der Waals surface area contributed by atoms with Crippen molar-refractivity contribution in [3.8, 4) is 0 Å². The number of aromatic nitrogens is 1. The molecule has 1 atom stereocenters. The fraction of sp³-hybridized carbons (Fsp3) is 0.533. The van der Waals surface area contributed by atoms with Crippen molar-refractivity contribution < 1.29 is 9.59 Å². The molecule has 1 aromatic rings. The van der Waals surface area contributed by atoms with Crippen molar-refractivity contribution in [3.05, 3.63) is 28.5 Å². The molecule has 1 aliphatic rings. The molecule has 0 saturated carbocycles. The second-order valence-electron chi connectivity index (χ2n) is 5.77. The SMILES string of the molecule is CCCC1NC(=O)C(C)(C)N(Cc2ccc(Br)cn2)C1=O. The molecule has 114 valence electrons. The fourth-order valence-electron chi connectivity index (χ4n) is 2.40. The van der Waals surface area contributed by atoms with Gasteiger partial charge >= 0.3 is 0 Å². The highest BCUT2D eigenvalue weighted by Crippen LogP contribution is 2.24. The lowest BCUT2D eigenvalue weighted by atomic mass is 9.94. The van der Waals surface area contributed by atoms with Crippen LogP contribution in [-0.4, -0.2) is 33.3 Å². The van der Waals surface area contributed by atoms with Crippen molar-refractivity contribution in [2.75, 3.05) is 0 Å². The molecule has 1 N–H and O–H groups in total. The van der Waals surface area contributed by atoms with Gasteiger partial charge in [-0.1, -0.05) is 13.3 Å². The summed E-state index contributed by atoms with van der Waals surface area (Å²) >= 11 is 3.34. The smallest absolute Gasteiger partial charge is 0.246 e. The zero-order chi connectivity index (χ0) is 15.6. The summed E-state index contributed by atoms with van der Waals surface area (Å²) in [5.41, 5.74) is -0.0969. The van der Waals surface area contributed by atoms with Crippen LogP contribution in [0.3, 0.4) is 0 Å². The summed E-state index contributed by atoms with van der Waals surface area (Å²) in [4.78, 5) is 30.8. The van der Waals surface area contributed by atoms with Crippen molar-refractivity contribution >= 4 is 27.7 Å². The van der Waals surface area contributed by atoms with Crippen molar-refractivity contribution in [1.29, 1.82) is 0 Å². The fourth-order valence-corrected chi connectivity index (χ4v) is 2.64. The van der Waals surface area contributed by atoms with Gasteiger partial charge < -0.3 is 10.2 Å². The number of nitrogens with zero attached hydrogens (tertiary/aromatic N) is 2.